The van der Waals surface area contributed by atoms with Gasteiger partial charge in [-0.25, -0.2) is 10.2 Å². The van der Waals surface area contributed by atoms with Crippen LogP contribution in [0.15, 0.2) is 82.4 Å². The summed E-state index contributed by atoms with van der Waals surface area (Å²) in [6, 6.07) is 21.5. The second kappa shape index (κ2) is 10.4. The number of halogens is 1. The number of esters is 1. The van der Waals surface area contributed by atoms with Crippen molar-refractivity contribution >= 4 is 39.7 Å². The van der Waals surface area contributed by atoms with Gasteiger partial charge in [-0.3, -0.25) is 4.79 Å². The molecule has 6 nitrogen and oxygen atoms in total. The van der Waals surface area contributed by atoms with Gasteiger partial charge in [-0.05, 0) is 73.2 Å². The molecule has 30 heavy (non-hydrogen) atoms. The second-order valence-corrected chi connectivity index (χ2v) is 7.39. The van der Waals surface area contributed by atoms with E-state index in [4.69, 9.17) is 4.74 Å². The molecule has 7 heteroatoms. The highest BCUT2D eigenvalue weighted by atomic mass is 79.9. The van der Waals surface area contributed by atoms with E-state index in [2.05, 4.69) is 31.8 Å². The van der Waals surface area contributed by atoms with Gasteiger partial charge in [0.2, 0.25) is 0 Å². The minimum absolute atomic E-state index is 0.116. The Morgan fingerprint density at radius 2 is 1.63 bits per heavy atom. The molecular formula is C23H20BrN3O3. The molecule has 0 atom stereocenters. The number of benzene rings is 3. The third kappa shape index (κ3) is 6.56. The van der Waals surface area contributed by atoms with Gasteiger partial charge in [-0.2, -0.15) is 5.10 Å². The molecule has 0 saturated heterocycles. The maximum atomic E-state index is 12.1. The molecule has 2 N–H and O–H groups in total. The lowest BCUT2D eigenvalue weighted by Crippen LogP contribution is -2.25. The van der Waals surface area contributed by atoms with E-state index in [0.29, 0.717) is 11.3 Å². The third-order valence-electron chi connectivity index (χ3n) is 4.08. The van der Waals surface area contributed by atoms with Gasteiger partial charge < -0.3 is 10.1 Å². The molecule has 0 aliphatic carbocycles. The Balaban J connectivity index is 1.45. The number of aryl methyl sites for hydroxylation is 1. The quantitative estimate of drug-likeness (QED) is 0.232. The van der Waals surface area contributed by atoms with Crippen LogP contribution in [-0.2, 0) is 4.79 Å². The van der Waals surface area contributed by atoms with Gasteiger partial charge in [0.05, 0.1) is 18.3 Å². The normalized spacial score (nSPS) is 10.6. The summed E-state index contributed by atoms with van der Waals surface area (Å²) < 4.78 is 6.23. The number of anilines is 1. The first-order valence-corrected chi connectivity index (χ1v) is 9.99. The number of hydrogen-bond acceptors (Lipinski definition) is 5. The average molecular weight is 466 g/mol. The number of carbonyl (C=O) groups excluding carboxylic acids is 2. The summed E-state index contributed by atoms with van der Waals surface area (Å²) in [5.41, 5.74) is 5.71. The first kappa shape index (κ1) is 21.3. The average Bonchev–Trinajstić information content (AvgIpc) is 2.75. The number of carbonyl (C=O) groups is 2. The Morgan fingerprint density at radius 3 is 2.30 bits per heavy atom. The Labute approximate surface area is 183 Å². The van der Waals surface area contributed by atoms with Crippen molar-refractivity contribution in [1.82, 2.24) is 5.43 Å². The van der Waals surface area contributed by atoms with Crippen LogP contribution in [-0.4, -0.2) is 24.6 Å². The fourth-order valence-corrected chi connectivity index (χ4v) is 2.71. The Hall–Kier alpha value is -3.45. The van der Waals surface area contributed by atoms with Gasteiger partial charge in [0, 0.05) is 10.2 Å². The summed E-state index contributed by atoms with van der Waals surface area (Å²) in [7, 11) is 0. The number of ether oxygens (including phenoxy) is 1. The number of hydrazone groups is 1. The topological polar surface area (TPSA) is 79.8 Å². The van der Waals surface area contributed by atoms with Crippen LogP contribution < -0.4 is 15.5 Å². The molecule has 0 aliphatic heterocycles. The smallest absolute Gasteiger partial charge is 0.343 e. The van der Waals surface area contributed by atoms with Crippen molar-refractivity contribution < 1.29 is 14.3 Å². The molecule has 0 heterocycles. The van der Waals surface area contributed by atoms with Gasteiger partial charge in [0.1, 0.15) is 5.75 Å². The first-order valence-electron chi connectivity index (χ1n) is 9.20. The molecule has 3 aromatic rings. The van der Waals surface area contributed by atoms with Crippen LogP contribution in [0.1, 0.15) is 21.5 Å². The monoisotopic (exact) mass is 465 g/mol. The summed E-state index contributed by atoms with van der Waals surface area (Å²) >= 11 is 3.33. The zero-order valence-corrected chi connectivity index (χ0v) is 17.8. The molecule has 0 radical (unpaired) electrons. The molecule has 0 aromatic heterocycles. The maximum absolute atomic E-state index is 12.1. The van der Waals surface area contributed by atoms with Crippen molar-refractivity contribution in [2.45, 2.75) is 6.92 Å². The number of rotatable bonds is 7. The van der Waals surface area contributed by atoms with E-state index in [0.717, 1.165) is 21.3 Å². The van der Waals surface area contributed by atoms with E-state index in [1.165, 1.54) is 6.21 Å². The molecule has 1 amide bonds. The molecule has 0 fully saturated rings. The maximum Gasteiger partial charge on any atom is 0.343 e. The molecular weight excluding hydrogens is 446 g/mol. The molecule has 0 aliphatic rings. The summed E-state index contributed by atoms with van der Waals surface area (Å²) in [4.78, 5) is 24.0. The molecule has 0 saturated carbocycles. The Kier molecular flexibility index (Phi) is 7.34. The van der Waals surface area contributed by atoms with E-state index in [1.54, 1.807) is 48.5 Å². The van der Waals surface area contributed by atoms with E-state index < -0.39 is 5.97 Å². The molecule has 3 rings (SSSR count). The van der Waals surface area contributed by atoms with E-state index in [-0.39, 0.29) is 12.5 Å². The molecule has 152 valence electrons. The number of nitrogens with zero attached hydrogens (tertiary/aromatic N) is 1. The van der Waals surface area contributed by atoms with Crippen LogP contribution in [0.4, 0.5) is 5.69 Å². The van der Waals surface area contributed by atoms with Gasteiger partial charge in [-0.15, -0.1) is 0 Å². The zero-order chi connectivity index (χ0) is 21.3. The first-order chi connectivity index (χ1) is 14.5. The fraction of sp³-hybridized carbons (Fsp3) is 0.0870. The highest BCUT2D eigenvalue weighted by molar-refractivity contribution is 9.10. The lowest BCUT2D eigenvalue weighted by Gasteiger charge is -2.06. The lowest BCUT2D eigenvalue weighted by atomic mass is 10.2. The van der Waals surface area contributed by atoms with Crippen molar-refractivity contribution in [3.63, 3.8) is 0 Å². The summed E-state index contributed by atoms with van der Waals surface area (Å²) in [6.07, 6.45) is 1.52. The second-order valence-electron chi connectivity index (χ2n) is 6.48. The highest BCUT2D eigenvalue weighted by Gasteiger charge is 2.08. The standard InChI is InChI=1S/C23H20BrN3O3/c1-16-2-10-20(11-3-16)25-15-22(28)27-26-14-17-4-12-21(13-5-17)30-23(29)18-6-8-19(24)9-7-18/h2-14,25H,15H2,1H3,(H,27,28)/b26-14-. The van der Waals surface area contributed by atoms with Crippen molar-refractivity contribution in [2.24, 2.45) is 5.10 Å². The molecule has 0 unspecified atom stereocenters. The SMILES string of the molecule is Cc1ccc(NCC(=O)N/N=C\c2ccc(OC(=O)c3ccc(Br)cc3)cc2)cc1. The number of nitrogens with one attached hydrogen (secondary N) is 2. The van der Waals surface area contributed by atoms with E-state index in [1.807, 2.05) is 31.2 Å². The van der Waals surface area contributed by atoms with Crippen LogP contribution >= 0.6 is 15.9 Å². The number of hydrogen-bond donors (Lipinski definition) is 2. The molecule has 0 bridgehead atoms. The van der Waals surface area contributed by atoms with Gasteiger partial charge >= 0.3 is 5.97 Å². The van der Waals surface area contributed by atoms with Crippen LogP contribution in [0.2, 0.25) is 0 Å². The van der Waals surface area contributed by atoms with E-state index >= 15 is 0 Å². The van der Waals surface area contributed by atoms with Crippen molar-refractivity contribution in [3.05, 3.63) is 94.0 Å². The minimum atomic E-state index is -0.433. The number of amides is 1. The predicted octanol–water partition coefficient (Wildman–Crippen LogP) is 4.54. The van der Waals surface area contributed by atoms with Crippen LogP contribution in [0.25, 0.3) is 0 Å². The predicted molar refractivity (Wildman–Crippen MR) is 121 cm³/mol. The molecule has 0 spiro atoms. The Morgan fingerprint density at radius 1 is 0.967 bits per heavy atom. The largest absolute Gasteiger partial charge is 0.423 e. The van der Waals surface area contributed by atoms with Crippen LogP contribution in [0.5, 0.6) is 5.75 Å². The lowest BCUT2D eigenvalue weighted by molar-refractivity contribution is -0.119. The van der Waals surface area contributed by atoms with Crippen molar-refractivity contribution in [3.8, 4) is 5.75 Å². The zero-order valence-electron chi connectivity index (χ0n) is 16.3. The van der Waals surface area contributed by atoms with Gasteiger partial charge in [-0.1, -0.05) is 33.6 Å². The van der Waals surface area contributed by atoms with Crippen LogP contribution in [0.3, 0.4) is 0 Å². The third-order valence-corrected chi connectivity index (χ3v) is 4.61. The summed E-state index contributed by atoms with van der Waals surface area (Å²) in [5, 5.41) is 6.96. The van der Waals surface area contributed by atoms with Crippen molar-refractivity contribution in [1.29, 1.82) is 0 Å². The van der Waals surface area contributed by atoms with Crippen LogP contribution in [0, 0.1) is 6.92 Å². The summed E-state index contributed by atoms with van der Waals surface area (Å²) in [5.74, 6) is -0.268. The van der Waals surface area contributed by atoms with Gasteiger partial charge in [0.15, 0.2) is 0 Å². The summed E-state index contributed by atoms with van der Waals surface area (Å²) in [6.45, 7) is 2.12. The van der Waals surface area contributed by atoms with E-state index in [9.17, 15) is 9.59 Å². The van der Waals surface area contributed by atoms with Crippen molar-refractivity contribution in [2.75, 3.05) is 11.9 Å². The highest BCUT2D eigenvalue weighted by Crippen LogP contribution is 2.15. The Bertz CT molecular complexity index is 1030. The molecule has 3 aromatic carbocycles. The van der Waals surface area contributed by atoms with Gasteiger partial charge in [0.25, 0.3) is 5.91 Å². The minimum Gasteiger partial charge on any atom is -0.423 e. The fourth-order valence-electron chi connectivity index (χ4n) is 2.45.